The van der Waals surface area contributed by atoms with Crippen molar-refractivity contribution in [2.75, 3.05) is 0 Å². The number of fused-ring (bicyclic) bond motifs is 12. The van der Waals surface area contributed by atoms with Crippen molar-refractivity contribution in [2.45, 2.75) is 24.4 Å². The summed E-state index contributed by atoms with van der Waals surface area (Å²) in [6, 6.07) is 63.9. The van der Waals surface area contributed by atoms with Gasteiger partial charge in [-0.15, -0.1) is 0 Å². The number of hydrogen-bond acceptors (Lipinski definition) is 3. The molecule has 3 atom stereocenters. The van der Waals surface area contributed by atoms with Crippen LogP contribution < -0.4 is 5.32 Å². The van der Waals surface area contributed by atoms with Crippen molar-refractivity contribution in [1.82, 2.24) is 9.88 Å². The normalized spacial score (nSPS) is 19.2. The number of amidine groups is 2. The van der Waals surface area contributed by atoms with E-state index >= 15 is 0 Å². The minimum Gasteiger partial charge on any atom is -0.344 e. The number of allylic oxidation sites excluding steroid dienone is 1. The Balaban J connectivity index is 1.08. The first-order chi connectivity index (χ1) is 28.2. The molecule has 1 aromatic heterocycles. The summed E-state index contributed by atoms with van der Waals surface area (Å²) in [6.45, 7) is 2.41. The number of hydrogen-bond donors (Lipinski definition) is 1. The van der Waals surface area contributed by atoms with Gasteiger partial charge in [-0.25, -0.2) is 9.98 Å². The molecule has 0 fully saturated rings. The average molecular weight is 731 g/mol. The van der Waals surface area contributed by atoms with Crippen LogP contribution in [0.15, 0.2) is 192 Å². The molecule has 0 amide bonds. The zero-order valence-electron chi connectivity index (χ0n) is 31.5. The van der Waals surface area contributed by atoms with Gasteiger partial charge in [-0.2, -0.15) is 0 Å². The molecule has 3 heterocycles. The van der Waals surface area contributed by atoms with E-state index in [-0.39, 0.29) is 17.5 Å². The Labute approximate surface area is 332 Å². The molecule has 1 N–H and O–H groups in total. The number of aliphatic imine (C=N–C) groups is 2. The van der Waals surface area contributed by atoms with E-state index < -0.39 is 0 Å². The molecule has 4 nitrogen and oxygen atoms in total. The van der Waals surface area contributed by atoms with Crippen molar-refractivity contribution in [1.29, 1.82) is 0 Å². The number of aromatic nitrogens is 1. The highest BCUT2D eigenvalue weighted by Crippen LogP contribution is 2.66. The molecule has 0 radical (unpaired) electrons. The molecule has 0 saturated heterocycles. The first kappa shape index (κ1) is 32.2. The van der Waals surface area contributed by atoms with Crippen LogP contribution in [-0.4, -0.2) is 16.2 Å². The van der Waals surface area contributed by atoms with Crippen molar-refractivity contribution in [2.24, 2.45) is 15.9 Å². The molecule has 0 bridgehead atoms. The molecular weight excluding hydrogens is 693 g/mol. The van der Waals surface area contributed by atoms with Gasteiger partial charge < -0.3 is 9.88 Å². The fraction of sp³-hybridized carbons (Fsp3) is 0.0943. The quantitative estimate of drug-likeness (QED) is 0.192. The Kier molecular flexibility index (Phi) is 6.91. The van der Waals surface area contributed by atoms with Crippen LogP contribution in [0.1, 0.15) is 63.6 Å². The van der Waals surface area contributed by atoms with E-state index in [1.807, 2.05) is 6.07 Å². The summed E-state index contributed by atoms with van der Waals surface area (Å²) in [5, 5.41) is 5.08. The van der Waals surface area contributed by atoms with Crippen LogP contribution in [0.2, 0.25) is 0 Å². The second-order valence-corrected chi connectivity index (χ2v) is 15.8. The first-order valence-electron chi connectivity index (χ1n) is 20.0. The molecule has 7 aromatic carbocycles. The molecule has 4 heteroatoms. The van der Waals surface area contributed by atoms with Gasteiger partial charge in [0.15, 0.2) is 5.84 Å². The summed E-state index contributed by atoms with van der Waals surface area (Å²) >= 11 is 0. The first-order valence-corrected chi connectivity index (χ1v) is 20.0. The lowest BCUT2D eigenvalue weighted by molar-refractivity contribution is 0.381. The SMILES string of the molecule is CC1C=Cc2c3n(c4ccccc24)-c2cc(C4N=C(c5ccccc5)N=C(c5ccc(-c6ccccc6)cc5)N4)ccc2C2(c4ccccc4-c4ccccc42)C31. The van der Waals surface area contributed by atoms with E-state index in [1.54, 1.807) is 0 Å². The third-order valence-electron chi connectivity index (χ3n) is 12.8. The van der Waals surface area contributed by atoms with E-state index in [2.05, 4.69) is 199 Å². The molecule has 57 heavy (non-hydrogen) atoms. The number of nitrogens with zero attached hydrogens (tertiary/aromatic N) is 3. The summed E-state index contributed by atoms with van der Waals surface area (Å²) in [6.07, 6.45) is 4.48. The van der Waals surface area contributed by atoms with Gasteiger partial charge >= 0.3 is 0 Å². The van der Waals surface area contributed by atoms with Crippen molar-refractivity contribution >= 4 is 28.7 Å². The molecule has 8 aromatic rings. The Morgan fingerprint density at radius 2 is 1.19 bits per heavy atom. The molecule has 2 aliphatic heterocycles. The zero-order valence-corrected chi connectivity index (χ0v) is 31.5. The van der Waals surface area contributed by atoms with E-state index in [9.17, 15) is 0 Å². The molecule has 12 rings (SSSR count). The highest BCUT2D eigenvalue weighted by Gasteiger charge is 2.57. The predicted molar refractivity (Wildman–Crippen MR) is 233 cm³/mol. The highest BCUT2D eigenvalue weighted by molar-refractivity contribution is 6.13. The molecule has 3 unspecified atom stereocenters. The van der Waals surface area contributed by atoms with Crippen LogP contribution in [0.5, 0.6) is 0 Å². The maximum Gasteiger partial charge on any atom is 0.159 e. The summed E-state index contributed by atoms with van der Waals surface area (Å²) in [5.41, 5.74) is 17.1. The van der Waals surface area contributed by atoms with Crippen molar-refractivity contribution < 1.29 is 0 Å². The smallest absolute Gasteiger partial charge is 0.159 e. The van der Waals surface area contributed by atoms with E-state index in [1.165, 1.54) is 66.8 Å². The fourth-order valence-corrected chi connectivity index (χ4v) is 10.5. The third-order valence-corrected chi connectivity index (χ3v) is 12.8. The van der Waals surface area contributed by atoms with Gasteiger partial charge in [0, 0.05) is 33.7 Å². The van der Waals surface area contributed by atoms with E-state index in [0.717, 1.165) is 28.4 Å². The van der Waals surface area contributed by atoms with Crippen molar-refractivity contribution in [3.63, 3.8) is 0 Å². The summed E-state index contributed by atoms with van der Waals surface area (Å²) in [5.74, 6) is 2.03. The second kappa shape index (κ2) is 12.2. The minimum absolute atomic E-state index is 0.196. The Morgan fingerprint density at radius 1 is 0.579 bits per heavy atom. The Hall–Kier alpha value is -7.04. The maximum atomic E-state index is 5.35. The van der Waals surface area contributed by atoms with Gasteiger partial charge in [0.05, 0.1) is 16.6 Å². The van der Waals surface area contributed by atoms with Gasteiger partial charge in [0.25, 0.3) is 0 Å². The molecular formula is C53H38N4. The molecule has 0 saturated carbocycles. The standard InChI is InChI=1S/C53H38N4/c1-33-24-30-42-41-20-10-13-23-46(41)57-47-32-38(29-31-45(47)53(48(33)49(42)57)43-21-11-8-18-39(43)40-19-9-12-22-44(40)53)52-55-50(36-16-6-3-7-17-36)54-51(56-52)37-27-25-35(26-28-37)34-14-4-2-5-15-34/h2-33,48,52H,1H3,(H,54,55,56). The van der Waals surface area contributed by atoms with Crippen molar-refractivity contribution in [3.8, 4) is 27.9 Å². The topological polar surface area (TPSA) is 41.7 Å². The lowest BCUT2D eigenvalue weighted by atomic mass is 9.56. The number of rotatable bonds is 4. The number of nitrogens with one attached hydrogen (secondary N) is 1. The molecule has 270 valence electrons. The number of para-hydroxylation sites is 1. The highest BCUT2D eigenvalue weighted by atomic mass is 15.2. The Bertz CT molecular complexity index is 2960. The maximum absolute atomic E-state index is 5.35. The van der Waals surface area contributed by atoms with Crippen LogP contribution in [0.25, 0.3) is 44.9 Å². The third kappa shape index (κ3) is 4.55. The van der Waals surface area contributed by atoms with Crippen LogP contribution in [0.3, 0.4) is 0 Å². The average Bonchev–Trinajstić information content (AvgIpc) is 3.77. The molecule has 1 spiro atoms. The van der Waals surface area contributed by atoms with Gasteiger partial charge in [-0.3, -0.25) is 0 Å². The second-order valence-electron chi connectivity index (χ2n) is 15.8. The van der Waals surface area contributed by atoms with Crippen LogP contribution in [0, 0.1) is 5.92 Å². The minimum atomic E-state index is -0.379. The lowest BCUT2D eigenvalue weighted by Crippen LogP contribution is -2.43. The zero-order chi connectivity index (χ0) is 37.7. The Morgan fingerprint density at radius 3 is 1.93 bits per heavy atom. The monoisotopic (exact) mass is 730 g/mol. The predicted octanol–water partition coefficient (Wildman–Crippen LogP) is 11.9. The van der Waals surface area contributed by atoms with Gasteiger partial charge in [-0.1, -0.05) is 183 Å². The largest absolute Gasteiger partial charge is 0.344 e. The van der Waals surface area contributed by atoms with E-state index in [0.29, 0.717) is 5.92 Å². The fourth-order valence-electron chi connectivity index (χ4n) is 10.5. The van der Waals surface area contributed by atoms with Crippen LogP contribution in [0.4, 0.5) is 0 Å². The number of benzene rings is 7. The van der Waals surface area contributed by atoms with Crippen molar-refractivity contribution in [3.05, 3.63) is 227 Å². The summed E-state index contributed by atoms with van der Waals surface area (Å²) < 4.78 is 2.59. The van der Waals surface area contributed by atoms with E-state index in [4.69, 9.17) is 9.98 Å². The van der Waals surface area contributed by atoms with Gasteiger partial charge in [-0.05, 0) is 62.6 Å². The van der Waals surface area contributed by atoms with Gasteiger partial charge in [0.2, 0.25) is 0 Å². The summed E-state index contributed by atoms with van der Waals surface area (Å²) in [4.78, 5) is 10.5. The van der Waals surface area contributed by atoms with Crippen LogP contribution >= 0.6 is 0 Å². The van der Waals surface area contributed by atoms with Crippen LogP contribution in [-0.2, 0) is 5.41 Å². The molecule has 2 aliphatic carbocycles. The molecule has 4 aliphatic rings. The lowest BCUT2D eigenvalue weighted by Gasteiger charge is -2.49. The van der Waals surface area contributed by atoms with Gasteiger partial charge in [0.1, 0.15) is 12.0 Å². The summed E-state index contributed by atoms with van der Waals surface area (Å²) in [7, 11) is 0.